The number of fused-ring (bicyclic) bond motifs is 4. The highest BCUT2D eigenvalue weighted by atomic mass is 16.6. The molecule has 3 heterocycles. The first-order valence-corrected chi connectivity index (χ1v) is 7.25. The Kier molecular flexibility index (Phi) is 1.88. The van der Waals surface area contributed by atoms with Crippen LogP contribution in [0.1, 0.15) is 28.9 Å². The van der Waals surface area contributed by atoms with Crippen LogP contribution in [0, 0.1) is 11.8 Å². The molecular weight excluding hydrogens is 268 g/mol. The van der Waals surface area contributed by atoms with Crippen LogP contribution in [0.25, 0.3) is 0 Å². The Hall–Kier alpha value is -1.78. The lowest BCUT2D eigenvalue weighted by Crippen LogP contribution is -2.50. The first-order valence-electron chi connectivity index (χ1n) is 7.25. The van der Waals surface area contributed by atoms with Crippen molar-refractivity contribution in [3.63, 3.8) is 0 Å². The van der Waals surface area contributed by atoms with E-state index >= 15 is 0 Å². The number of benzene rings is 1. The predicted octanol–water partition coefficient (Wildman–Crippen LogP) is 1.85. The molecule has 0 radical (unpaired) electrons. The molecule has 5 atom stereocenters. The van der Waals surface area contributed by atoms with Gasteiger partial charge in [-0.15, -0.1) is 0 Å². The first-order chi connectivity index (χ1) is 10.1. The highest BCUT2D eigenvalue weighted by Gasteiger charge is 2.73. The summed E-state index contributed by atoms with van der Waals surface area (Å²) in [6.45, 7) is 2.18. The average Bonchev–Trinajstić information content (AvgIpc) is 2.97. The third kappa shape index (κ3) is 1.13. The van der Waals surface area contributed by atoms with Crippen LogP contribution in [0.3, 0.4) is 0 Å². The third-order valence-electron chi connectivity index (χ3n) is 5.54. The van der Waals surface area contributed by atoms with Crippen molar-refractivity contribution < 1.29 is 19.1 Å². The summed E-state index contributed by atoms with van der Waals surface area (Å²) in [7, 11) is 0. The Balaban J connectivity index is 1.83. The fraction of sp³-hybridized carbons (Fsp3) is 0.412. The summed E-state index contributed by atoms with van der Waals surface area (Å²) >= 11 is 0. The molecule has 0 amide bonds. The van der Waals surface area contributed by atoms with E-state index in [4.69, 9.17) is 9.47 Å². The van der Waals surface area contributed by atoms with Crippen LogP contribution in [-0.2, 0) is 14.3 Å². The third-order valence-corrected chi connectivity index (χ3v) is 5.54. The maximum Gasteiger partial charge on any atom is 0.197 e. The van der Waals surface area contributed by atoms with Crippen molar-refractivity contribution in [3.8, 4) is 0 Å². The molecule has 2 fully saturated rings. The molecule has 1 aliphatic carbocycles. The van der Waals surface area contributed by atoms with E-state index in [1.807, 2.05) is 31.2 Å². The Bertz CT molecular complexity index is 736. The molecule has 0 aromatic heterocycles. The number of ether oxygens (including phenoxy) is 2. The number of hydrogen-bond acceptors (Lipinski definition) is 4. The highest BCUT2D eigenvalue weighted by Crippen LogP contribution is 2.63. The molecule has 0 unspecified atom stereocenters. The molecule has 4 aliphatic rings. The molecule has 5 rings (SSSR count). The fourth-order valence-electron chi connectivity index (χ4n) is 4.65. The molecule has 4 heteroatoms. The first kappa shape index (κ1) is 11.8. The second kappa shape index (κ2) is 3.34. The summed E-state index contributed by atoms with van der Waals surface area (Å²) in [5, 5.41) is 0. The quantitative estimate of drug-likeness (QED) is 0.728. The Morgan fingerprint density at radius 1 is 1.24 bits per heavy atom. The van der Waals surface area contributed by atoms with E-state index in [1.165, 1.54) is 0 Å². The second-order valence-electron chi connectivity index (χ2n) is 6.56. The predicted molar refractivity (Wildman–Crippen MR) is 72.8 cm³/mol. The standard InChI is InChI=1S/C17H14O4/c1-16-7-6-11(18)12-13-9-4-2-3-5-10(9)15(19)17(21-13,8-20-16)14(12)16/h2-7,12-14H,8H2,1H3/t12-,13-,14+,16-,17-/m0/s1. The largest absolute Gasteiger partial charge is 0.367 e. The van der Waals surface area contributed by atoms with Gasteiger partial charge in [-0.05, 0) is 24.6 Å². The van der Waals surface area contributed by atoms with Crippen LogP contribution < -0.4 is 0 Å². The van der Waals surface area contributed by atoms with Gasteiger partial charge in [0.2, 0.25) is 0 Å². The van der Waals surface area contributed by atoms with Gasteiger partial charge in [0.15, 0.2) is 17.2 Å². The van der Waals surface area contributed by atoms with Gasteiger partial charge in [-0.2, -0.15) is 0 Å². The second-order valence-corrected chi connectivity index (χ2v) is 6.56. The zero-order valence-electron chi connectivity index (χ0n) is 11.5. The lowest BCUT2D eigenvalue weighted by Gasteiger charge is -2.34. The van der Waals surface area contributed by atoms with Crippen molar-refractivity contribution in [1.29, 1.82) is 0 Å². The Morgan fingerprint density at radius 2 is 2.05 bits per heavy atom. The average molecular weight is 282 g/mol. The molecule has 0 N–H and O–H groups in total. The molecule has 106 valence electrons. The van der Waals surface area contributed by atoms with Crippen molar-refractivity contribution in [2.24, 2.45) is 11.8 Å². The van der Waals surface area contributed by atoms with E-state index in [2.05, 4.69) is 0 Å². The SMILES string of the molecule is C[C@]12C=CC(=O)[C@@H]3[C@H]1[C@]1(CO2)O[C@H]3c2ccccc2C1=O. The Morgan fingerprint density at radius 3 is 2.90 bits per heavy atom. The normalized spacial score (nSPS) is 45.7. The van der Waals surface area contributed by atoms with Gasteiger partial charge >= 0.3 is 0 Å². The lowest BCUT2D eigenvalue weighted by molar-refractivity contribution is -0.126. The molecule has 2 saturated heterocycles. The van der Waals surface area contributed by atoms with Gasteiger partial charge in [0.25, 0.3) is 0 Å². The minimum Gasteiger partial charge on any atom is -0.367 e. The van der Waals surface area contributed by atoms with E-state index in [9.17, 15) is 9.59 Å². The number of carbonyl (C=O) groups is 2. The number of ketones is 2. The van der Waals surface area contributed by atoms with Gasteiger partial charge < -0.3 is 9.47 Å². The molecule has 21 heavy (non-hydrogen) atoms. The van der Waals surface area contributed by atoms with E-state index in [0.717, 1.165) is 5.56 Å². The molecule has 1 aromatic carbocycles. The number of hydrogen-bond donors (Lipinski definition) is 0. The highest BCUT2D eigenvalue weighted by molar-refractivity contribution is 6.08. The summed E-state index contributed by atoms with van der Waals surface area (Å²) < 4.78 is 12.1. The summed E-state index contributed by atoms with van der Waals surface area (Å²) in [5.74, 6) is -0.546. The summed E-state index contributed by atoms with van der Waals surface area (Å²) in [5.41, 5.74) is -0.0495. The van der Waals surface area contributed by atoms with Gasteiger partial charge in [0.1, 0.15) is 0 Å². The van der Waals surface area contributed by atoms with E-state index in [1.54, 1.807) is 12.2 Å². The summed E-state index contributed by atoms with van der Waals surface area (Å²) in [6.07, 6.45) is 3.06. The lowest BCUT2D eigenvalue weighted by atomic mass is 9.67. The van der Waals surface area contributed by atoms with E-state index in [0.29, 0.717) is 5.56 Å². The molecule has 3 aliphatic heterocycles. The summed E-state index contributed by atoms with van der Waals surface area (Å²) in [6, 6.07) is 7.48. The molecule has 4 nitrogen and oxygen atoms in total. The van der Waals surface area contributed by atoms with Crippen LogP contribution in [0.4, 0.5) is 0 Å². The maximum atomic E-state index is 13.0. The van der Waals surface area contributed by atoms with Crippen LogP contribution in [0.5, 0.6) is 0 Å². The number of allylic oxidation sites excluding steroid dienone is 1. The van der Waals surface area contributed by atoms with Gasteiger partial charge in [0, 0.05) is 11.5 Å². The fourth-order valence-corrected chi connectivity index (χ4v) is 4.65. The van der Waals surface area contributed by atoms with Crippen LogP contribution in [0.2, 0.25) is 0 Å². The van der Waals surface area contributed by atoms with Crippen LogP contribution in [0.15, 0.2) is 36.4 Å². The Labute approximate surface area is 121 Å². The zero-order chi connectivity index (χ0) is 14.4. The minimum absolute atomic E-state index is 0.0336. The molecule has 0 saturated carbocycles. The minimum atomic E-state index is -0.987. The van der Waals surface area contributed by atoms with Crippen LogP contribution in [-0.4, -0.2) is 29.4 Å². The maximum absolute atomic E-state index is 13.0. The van der Waals surface area contributed by atoms with Gasteiger partial charge in [-0.3, -0.25) is 9.59 Å². The monoisotopic (exact) mass is 282 g/mol. The van der Waals surface area contributed by atoms with Gasteiger partial charge in [-0.25, -0.2) is 0 Å². The molecule has 1 aromatic rings. The zero-order valence-corrected chi connectivity index (χ0v) is 11.5. The van der Waals surface area contributed by atoms with Crippen molar-refractivity contribution in [2.75, 3.05) is 6.61 Å². The number of rotatable bonds is 0. The van der Waals surface area contributed by atoms with Crippen molar-refractivity contribution in [1.82, 2.24) is 0 Å². The van der Waals surface area contributed by atoms with Crippen molar-refractivity contribution in [3.05, 3.63) is 47.5 Å². The molecular formula is C17H14O4. The van der Waals surface area contributed by atoms with Gasteiger partial charge in [0.05, 0.1) is 24.2 Å². The number of Topliss-reactive ketones (excluding diaryl/α,β-unsaturated/α-hetero) is 1. The van der Waals surface area contributed by atoms with Gasteiger partial charge in [-0.1, -0.05) is 24.3 Å². The van der Waals surface area contributed by atoms with Crippen molar-refractivity contribution >= 4 is 11.6 Å². The number of carbonyl (C=O) groups excluding carboxylic acids is 2. The molecule has 2 bridgehead atoms. The summed E-state index contributed by atoms with van der Waals surface area (Å²) in [4.78, 5) is 25.5. The smallest absolute Gasteiger partial charge is 0.197 e. The topological polar surface area (TPSA) is 52.6 Å². The van der Waals surface area contributed by atoms with E-state index in [-0.39, 0.29) is 36.1 Å². The van der Waals surface area contributed by atoms with Crippen LogP contribution >= 0.6 is 0 Å². The van der Waals surface area contributed by atoms with Crippen molar-refractivity contribution in [2.45, 2.75) is 24.2 Å². The molecule has 1 spiro atoms. The van der Waals surface area contributed by atoms with E-state index < -0.39 is 11.2 Å².